The Morgan fingerprint density at radius 2 is 2.07 bits per heavy atom. The van der Waals surface area contributed by atoms with Crippen molar-refractivity contribution in [2.45, 2.75) is 33.2 Å². The summed E-state index contributed by atoms with van der Waals surface area (Å²) in [6.45, 7) is 7.77. The summed E-state index contributed by atoms with van der Waals surface area (Å²) in [4.78, 5) is 15.7. The van der Waals surface area contributed by atoms with Gasteiger partial charge in [0.05, 0.1) is 5.56 Å². The summed E-state index contributed by atoms with van der Waals surface area (Å²) < 4.78 is 0. The second kappa shape index (κ2) is 3.78. The summed E-state index contributed by atoms with van der Waals surface area (Å²) in [7, 11) is 0. The van der Waals surface area contributed by atoms with Crippen LogP contribution in [0, 0.1) is 6.92 Å². The number of amides is 1. The Kier molecular flexibility index (Phi) is 2.89. The molecule has 1 aromatic heterocycles. The van der Waals surface area contributed by atoms with E-state index < -0.39 is 0 Å². The number of hydrogen-bond acceptors (Lipinski definition) is 2. The van der Waals surface area contributed by atoms with Gasteiger partial charge in [0.25, 0.3) is 5.91 Å². The minimum absolute atomic E-state index is 0.0666. The Hall–Kier alpha value is -1.38. The Labute approximate surface area is 84.6 Å². The molecule has 1 aromatic rings. The maximum absolute atomic E-state index is 11.7. The zero-order chi connectivity index (χ0) is 10.8. The second-order valence-electron chi connectivity index (χ2n) is 4.39. The van der Waals surface area contributed by atoms with Crippen LogP contribution in [0.15, 0.2) is 18.5 Å². The fraction of sp³-hybridized carbons (Fsp3) is 0.455. The monoisotopic (exact) mass is 192 g/mol. The molecule has 14 heavy (non-hydrogen) atoms. The van der Waals surface area contributed by atoms with Crippen LogP contribution in [0.25, 0.3) is 0 Å². The van der Waals surface area contributed by atoms with E-state index in [0.717, 1.165) is 5.56 Å². The molecule has 1 amide bonds. The van der Waals surface area contributed by atoms with Crippen molar-refractivity contribution in [2.75, 3.05) is 0 Å². The van der Waals surface area contributed by atoms with Crippen molar-refractivity contribution in [2.24, 2.45) is 0 Å². The van der Waals surface area contributed by atoms with Crippen LogP contribution in [-0.2, 0) is 0 Å². The summed E-state index contributed by atoms with van der Waals surface area (Å²) in [5.74, 6) is -0.0666. The standard InChI is InChI=1S/C11H16N2O/c1-8-5-6-12-7-9(8)10(14)13-11(2,3)4/h5-7H,1-4H3,(H,13,14). The Balaban J connectivity index is 2.86. The number of rotatable bonds is 1. The molecule has 0 radical (unpaired) electrons. The van der Waals surface area contributed by atoms with Gasteiger partial charge in [-0.3, -0.25) is 9.78 Å². The first-order chi connectivity index (χ1) is 6.40. The van der Waals surface area contributed by atoms with E-state index in [2.05, 4.69) is 10.3 Å². The molecule has 76 valence electrons. The van der Waals surface area contributed by atoms with E-state index in [4.69, 9.17) is 0 Å². The average Bonchev–Trinajstić information content (AvgIpc) is 2.01. The summed E-state index contributed by atoms with van der Waals surface area (Å²) in [5.41, 5.74) is 1.38. The third kappa shape index (κ3) is 2.83. The third-order valence-corrected chi connectivity index (χ3v) is 1.77. The minimum atomic E-state index is -0.209. The van der Waals surface area contributed by atoms with Gasteiger partial charge in [0, 0.05) is 17.9 Å². The van der Waals surface area contributed by atoms with Gasteiger partial charge in [0.2, 0.25) is 0 Å². The molecule has 3 heteroatoms. The second-order valence-corrected chi connectivity index (χ2v) is 4.39. The van der Waals surface area contributed by atoms with Crippen molar-refractivity contribution in [3.63, 3.8) is 0 Å². The van der Waals surface area contributed by atoms with E-state index in [-0.39, 0.29) is 11.4 Å². The van der Waals surface area contributed by atoms with Gasteiger partial charge in [-0.1, -0.05) is 0 Å². The molecule has 0 unspecified atom stereocenters. The number of aryl methyl sites for hydroxylation is 1. The molecule has 1 N–H and O–H groups in total. The molecule has 0 saturated heterocycles. The Morgan fingerprint density at radius 3 is 2.57 bits per heavy atom. The van der Waals surface area contributed by atoms with Gasteiger partial charge >= 0.3 is 0 Å². The van der Waals surface area contributed by atoms with Crippen LogP contribution >= 0.6 is 0 Å². The van der Waals surface area contributed by atoms with Gasteiger partial charge in [0.15, 0.2) is 0 Å². The first-order valence-electron chi connectivity index (χ1n) is 4.63. The van der Waals surface area contributed by atoms with Crippen molar-refractivity contribution in [3.8, 4) is 0 Å². The number of aromatic nitrogens is 1. The zero-order valence-electron chi connectivity index (χ0n) is 9.09. The van der Waals surface area contributed by atoms with Crippen LogP contribution in [0.3, 0.4) is 0 Å². The molecule has 1 heterocycles. The maximum atomic E-state index is 11.7. The predicted molar refractivity (Wildman–Crippen MR) is 56.2 cm³/mol. The molecule has 1 rings (SSSR count). The van der Waals surface area contributed by atoms with Gasteiger partial charge in [0.1, 0.15) is 0 Å². The van der Waals surface area contributed by atoms with E-state index in [0.29, 0.717) is 5.56 Å². The van der Waals surface area contributed by atoms with Gasteiger partial charge in [-0.05, 0) is 39.3 Å². The van der Waals surface area contributed by atoms with Gasteiger partial charge in [-0.25, -0.2) is 0 Å². The number of nitrogens with zero attached hydrogens (tertiary/aromatic N) is 1. The number of hydrogen-bond donors (Lipinski definition) is 1. The lowest BCUT2D eigenvalue weighted by Gasteiger charge is -2.20. The zero-order valence-corrected chi connectivity index (χ0v) is 9.09. The minimum Gasteiger partial charge on any atom is -0.347 e. The van der Waals surface area contributed by atoms with E-state index >= 15 is 0 Å². The van der Waals surface area contributed by atoms with Crippen molar-refractivity contribution in [1.29, 1.82) is 0 Å². The van der Waals surface area contributed by atoms with Crippen molar-refractivity contribution < 1.29 is 4.79 Å². The molecule has 0 aliphatic carbocycles. The Bertz CT molecular complexity index is 339. The van der Waals surface area contributed by atoms with Gasteiger partial charge in [-0.15, -0.1) is 0 Å². The normalized spacial score (nSPS) is 11.1. The molecule has 0 bridgehead atoms. The largest absolute Gasteiger partial charge is 0.347 e. The highest BCUT2D eigenvalue weighted by atomic mass is 16.1. The van der Waals surface area contributed by atoms with Crippen LogP contribution < -0.4 is 5.32 Å². The quantitative estimate of drug-likeness (QED) is 0.738. The first-order valence-corrected chi connectivity index (χ1v) is 4.63. The van der Waals surface area contributed by atoms with Crippen molar-refractivity contribution in [3.05, 3.63) is 29.6 Å². The molecular weight excluding hydrogens is 176 g/mol. The highest BCUT2D eigenvalue weighted by molar-refractivity contribution is 5.95. The number of nitrogens with one attached hydrogen (secondary N) is 1. The number of carbonyl (C=O) groups excluding carboxylic acids is 1. The lowest BCUT2D eigenvalue weighted by molar-refractivity contribution is 0.0918. The fourth-order valence-corrected chi connectivity index (χ4v) is 1.11. The predicted octanol–water partition coefficient (Wildman–Crippen LogP) is 1.92. The Morgan fingerprint density at radius 1 is 1.43 bits per heavy atom. The highest BCUT2D eigenvalue weighted by Crippen LogP contribution is 2.07. The smallest absolute Gasteiger partial charge is 0.253 e. The topological polar surface area (TPSA) is 42.0 Å². The molecular formula is C11H16N2O. The first kappa shape index (κ1) is 10.7. The SMILES string of the molecule is Cc1ccncc1C(=O)NC(C)(C)C. The maximum Gasteiger partial charge on any atom is 0.253 e. The lowest BCUT2D eigenvalue weighted by atomic mass is 10.1. The van der Waals surface area contributed by atoms with E-state index in [1.807, 2.05) is 33.8 Å². The lowest BCUT2D eigenvalue weighted by Crippen LogP contribution is -2.40. The highest BCUT2D eigenvalue weighted by Gasteiger charge is 2.16. The molecule has 0 fully saturated rings. The number of pyridine rings is 1. The van der Waals surface area contributed by atoms with Crippen LogP contribution in [0.5, 0.6) is 0 Å². The van der Waals surface area contributed by atoms with Crippen LogP contribution in [0.2, 0.25) is 0 Å². The third-order valence-electron chi connectivity index (χ3n) is 1.77. The molecule has 0 spiro atoms. The molecule has 0 aliphatic rings. The van der Waals surface area contributed by atoms with E-state index in [1.165, 1.54) is 0 Å². The summed E-state index contributed by atoms with van der Waals surface area (Å²) in [6, 6.07) is 1.83. The fourth-order valence-electron chi connectivity index (χ4n) is 1.11. The molecule has 3 nitrogen and oxygen atoms in total. The van der Waals surface area contributed by atoms with Crippen molar-refractivity contribution in [1.82, 2.24) is 10.3 Å². The number of carbonyl (C=O) groups is 1. The molecule has 0 atom stereocenters. The van der Waals surface area contributed by atoms with Gasteiger partial charge in [-0.2, -0.15) is 0 Å². The van der Waals surface area contributed by atoms with Crippen LogP contribution in [0.4, 0.5) is 0 Å². The summed E-state index contributed by atoms with van der Waals surface area (Å²) in [6.07, 6.45) is 3.28. The molecule has 0 aromatic carbocycles. The van der Waals surface area contributed by atoms with Gasteiger partial charge < -0.3 is 5.32 Å². The van der Waals surface area contributed by atoms with Crippen LogP contribution in [0.1, 0.15) is 36.7 Å². The van der Waals surface area contributed by atoms with E-state index in [9.17, 15) is 4.79 Å². The average molecular weight is 192 g/mol. The van der Waals surface area contributed by atoms with E-state index in [1.54, 1.807) is 12.4 Å². The van der Waals surface area contributed by atoms with Crippen LogP contribution in [-0.4, -0.2) is 16.4 Å². The summed E-state index contributed by atoms with van der Waals surface area (Å²) >= 11 is 0. The van der Waals surface area contributed by atoms with Crippen molar-refractivity contribution >= 4 is 5.91 Å². The molecule has 0 aliphatic heterocycles. The molecule has 0 saturated carbocycles. The summed E-state index contributed by atoms with van der Waals surface area (Å²) in [5, 5.41) is 2.90.